The number of benzene rings is 1. The van der Waals surface area contributed by atoms with E-state index in [9.17, 15) is 18.0 Å². The molecule has 1 saturated heterocycles. The average Bonchev–Trinajstić information content (AvgIpc) is 2.81. The normalized spacial score (nSPS) is 19.2. The molecular formula is C12H13F3N2O2. The highest BCUT2D eigenvalue weighted by Gasteiger charge is 2.33. The molecule has 0 aliphatic carbocycles. The van der Waals surface area contributed by atoms with Crippen LogP contribution in [0, 0.1) is 0 Å². The standard InChI is InChI=1S/C12H13F3N2O2/c13-12(14,15)9-3-1-2-4-10(9)17-11(18)19-8-5-6-16-7-8/h1-4,8,16H,5-7H2,(H,17,18). The number of ether oxygens (including phenoxy) is 1. The van der Waals surface area contributed by atoms with Crippen LogP contribution >= 0.6 is 0 Å². The Balaban J connectivity index is 2.04. The molecule has 1 atom stereocenters. The molecule has 0 spiro atoms. The van der Waals surface area contributed by atoms with Gasteiger partial charge in [0.05, 0.1) is 11.3 Å². The Bertz CT molecular complexity index is 457. The van der Waals surface area contributed by atoms with Crippen LogP contribution in [0.3, 0.4) is 0 Å². The Hall–Kier alpha value is -1.76. The van der Waals surface area contributed by atoms with E-state index in [2.05, 4.69) is 10.6 Å². The fraction of sp³-hybridized carbons (Fsp3) is 0.417. The minimum absolute atomic E-state index is 0.293. The summed E-state index contributed by atoms with van der Waals surface area (Å²) >= 11 is 0. The van der Waals surface area contributed by atoms with Gasteiger partial charge >= 0.3 is 12.3 Å². The van der Waals surface area contributed by atoms with Gasteiger partial charge in [-0.1, -0.05) is 12.1 Å². The summed E-state index contributed by atoms with van der Waals surface area (Å²) in [7, 11) is 0. The molecule has 1 fully saturated rings. The highest BCUT2D eigenvalue weighted by Crippen LogP contribution is 2.34. The molecule has 1 aromatic carbocycles. The topological polar surface area (TPSA) is 50.4 Å². The van der Waals surface area contributed by atoms with Crippen LogP contribution in [0.25, 0.3) is 0 Å². The number of para-hydroxylation sites is 1. The first-order chi connectivity index (χ1) is 8.97. The van der Waals surface area contributed by atoms with Crippen LogP contribution in [0.1, 0.15) is 12.0 Å². The summed E-state index contributed by atoms with van der Waals surface area (Å²) in [5.41, 5.74) is -1.19. The van der Waals surface area contributed by atoms with Gasteiger partial charge < -0.3 is 10.1 Å². The summed E-state index contributed by atoms with van der Waals surface area (Å²) in [5, 5.41) is 5.13. The van der Waals surface area contributed by atoms with Crippen molar-refractivity contribution in [1.29, 1.82) is 0 Å². The number of alkyl halides is 3. The fourth-order valence-corrected chi connectivity index (χ4v) is 1.86. The van der Waals surface area contributed by atoms with Crippen LogP contribution in [0.2, 0.25) is 0 Å². The summed E-state index contributed by atoms with van der Waals surface area (Å²) in [6.07, 6.45) is -5.02. The smallest absolute Gasteiger partial charge is 0.418 e. The predicted molar refractivity (Wildman–Crippen MR) is 62.8 cm³/mol. The lowest BCUT2D eigenvalue weighted by atomic mass is 10.2. The number of amides is 1. The second-order valence-corrected chi connectivity index (χ2v) is 4.19. The van der Waals surface area contributed by atoms with Crippen molar-refractivity contribution in [2.75, 3.05) is 18.4 Å². The van der Waals surface area contributed by atoms with Gasteiger partial charge in [0.15, 0.2) is 0 Å². The molecule has 0 radical (unpaired) electrons. The minimum atomic E-state index is -4.52. The van der Waals surface area contributed by atoms with Gasteiger partial charge in [0.2, 0.25) is 0 Å². The predicted octanol–water partition coefficient (Wildman–Crippen LogP) is 2.62. The molecule has 0 aromatic heterocycles. The SMILES string of the molecule is O=C(Nc1ccccc1C(F)(F)F)OC1CCNC1. The molecule has 1 unspecified atom stereocenters. The third kappa shape index (κ3) is 3.60. The van der Waals surface area contributed by atoms with Crippen molar-refractivity contribution >= 4 is 11.8 Å². The van der Waals surface area contributed by atoms with Crippen molar-refractivity contribution in [3.8, 4) is 0 Å². The maximum Gasteiger partial charge on any atom is 0.418 e. The largest absolute Gasteiger partial charge is 0.445 e. The zero-order valence-electron chi connectivity index (χ0n) is 9.96. The van der Waals surface area contributed by atoms with Crippen LogP contribution in [0.15, 0.2) is 24.3 Å². The number of hydrogen-bond acceptors (Lipinski definition) is 3. The van der Waals surface area contributed by atoms with Gasteiger partial charge in [-0.05, 0) is 25.1 Å². The van der Waals surface area contributed by atoms with Crippen LogP contribution in [-0.4, -0.2) is 25.3 Å². The lowest BCUT2D eigenvalue weighted by molar-refractivity contribution is -0.136. The van der Waals surface area contributed by atoms with Crippen molar-refractivity contribution in [3.63, 3.8) is 0 Å². The zero-order valence-corrected chi connectivity index (χ0v) is 9.96. The van der Waals surface area contributed by atoms with E-state index in [1.165, 1.54) is 18.2 Å². The number of nitrogens with one attached hydrogen (secondary N) is 2. The Morgan fingerprint density at radius 1 is 1.37 bits per heavy atom. The van der Waals surface area contributed by atoms with Gasteiger partial charge in [0, 0.05) is 6.54 Å². The monoisotopic (exact) mass is 274 g/mol. The van der Waals surface area contributed by atoms with Gasteiger partial charge in [-0.2, -0.15) is 13.2 Å². The maximum absolute atomic E-state index is 12.7. The first-order valence-electron chi connectivity index (χ1n) is 5.81. The number of halogens is 3. The van der Waals surface area contributed by atoms with E-state index in [1.807, 2.05) is 0 Å². The molecule has 4 nitrogen and oxygen atoms in total. The van der Waals surface area contributed by atoms with E-state index >= 15 is 0 Å². The summed E-state index contributed by atoms with van der Waals surface area (Å²) in [6.45, 7) is 1.26. The van der Waals surface area contributed by atoms with Crippen LogP contribution in [0.4, 0.5) is 23.7 Å². The summed E-state index contributed by atoms with van der Waals surface area (Å²) in [5.74, 6) is 0. The molecule has 0 saturated carbocycles. The van der Waals surface area contributed by atoms with Gasteiger partial charge in [0.25, 0.3) is 0 Å². The summed E-state index contributed by atoms with van der Waals surface area (Å²) in [4.78, 5) is 11.5. The highest BCUT2D eigenvalue weighted by atomic mass is 19.4. The van der Waals surface area contributed by atoms with E-state index in [0.29, 0.717) is 13.0 Å². The molecule has 2 N–H and O–H groups in total. The van der Waals surface area contributed by atoms with Gasteiger partial charge in [0.1, 0.15) is 6.10 Å². The molecule has 0 bridgehead atoms. The second-order valence-electron chi connectivity index (χ2n) is 4.19. The molecule has 1 aliphatic heterocycles. The Morgan fingerprint density at radius 2 is 2.11 bits per heavy atom. The molecule has 7 heteroatoms. The molecule has 1 aromatic rings. The Labute approximate surface area is 107 Å². The lowest BCUT2D eigenvalue weighted by Gasteiger charge is -2.15. The zero-order chi connectivity index (χ0) is 13.9. The first-order valence-corrected chi connectivity index (χ1v) is 5.81. The second kappa shape index (κ2) is 5.48. The van der Waals surface area contributed by atoms with Gasteiger partial charge in [-0.3, -0.25) is 5.32 Å². The maximum atomic E-state index is 12.7. The molecule has 1 aliphatic rings. The van der Waals surface area contributed by atoms with Crippen molar-refractivity contribution in [2.24, 2.45) is 0 Å². The third-order valence-electron chi connectivity index (χ3n) is 2.76. The quantitative estimate of drug-likeness (QED) is 0.871. The first kappa shape index (κ1) is 13.7. The number of anilines is 1. The van der Waals surface area contributed by atoms with E-state index in [4.69, 9.17) is 4.74 Å². The molecule has 19 heavy (non-hydrogen) atoms. The van der Waals surface area contributed by atoms with Crippen molar-refractivity contribution in [2.45, 2.75) is 18.7 Å². The molecular weight excluding hydrogens is 261 g/mol. The van der Waals surface area contributed by atoms with Crippen LogP contribution in [-0.2, 0) is 10.9 Å². The Morgan fingerprint density at radius 3 is 2.74 bits per heavy atom. The van der Waals surface area contributed by atoms with Crippen LogP contribution < -0.4 is 10.6 Å². The molecule has 104 valence electrons. The van der Waals surface area contributed by atoms with E-state index < -0.39 is 17.8 Å². The number of carbonyl (C=O) groups excluding carboxylic acids is 1. The average molecular weight is 274 g/mol. The van der Waals surface area contributed by atoms with Crippen molar-refractivity contribution in [3.05, 3.63) is 29.8 Å². The lowest BCUT2D eigenvalue weighted by Crippen LogP contribution is -2.25. The Kier molecular flexibility index (Phi) is 3.94. The van der Waals surface area contributed by atoms with E-state index in [0.717, 1.165) is 12.6 Å². The van der Waals surface area contributed by atoms with E-state index in [-0.39, 0.29) is 11.8 Å². The van der Waals surface area contributed by atoms with Gasteiger partial charge in [-0.25, -0.2) is 4.79 Å². The molecule has 1 heterocycles. The fourth-order valence-electron chi connectivity index (χ4n) is 1.86. The summed E-state index contributed by atoms with van der Waals surface area (Å²) < 4.78 is 43.1. The highest BCUT2D eigenvalue weighted by molar-refractivity contribution is 5.86. The van der Waals surface area contributed by atoms with Crippen LogP contribution in [0.5, 0.6) is 0 Å². The third-order valence-corrected chi connectivity index (χ3v) is 2.76. The van der Waals surface area contributed by atoms with Crippen molar-refractivity contribution in [1.82, 2.24) is 5.32 Å². The summed E-state index contributed by atoms with van der Waals surface area (Å²) in [6, 6.07) is 4.78. The van der Waals surface area contributed by atoms with Crippen molar-refractivity contribution < 1.29 is 22.7 Å². The van der Waals surface area contributed by atoms with E-state index in [1.54, 1.807) is 0 Å². The molecule has 2 rings (SSSR count). The molecule has 1 amide bonds. The number of hydrogen-bond donors (Lipinski definition) is 2. The number of rotatable bonds is 2. The number of carbonyl (C=O) groups is 1. The minimum Gasteiger partial charge on any atom is -0.445 e. The van der Waals surface area contributed by atoms with Gasteiger partial charge in [-0.15, -0.1) is 0 Å².